The van der Waals surface area contributed by atoms with E-state index in [9.17, 15) is 4.79 Å². The predicted octanol–water partition coefficient (Wildman–Crippen LogP) is 4.33. The smallest absolute Gasteiger partial charge is 0.210 e. The van der Waals surface area contributed by atoms with E-state index in [1.54, 1.807) is 0 Å². The zero-order valence-electron chi connectivity index (χ0n) is 9.98. The number of rotatable bonds is 5. The number of ether oxygens (including phenoxy) is 1. The van der Waals surface area contributed by atoms with Gasteiger partial charge in [0.1, 0.15) is 5.75 Å². The van der Waals surface area contributed by atoms with Crippen LogP contribution < -0.4 is 4.74 Å². The van der Waals surface area contributed by atoms with Crippen LogP contribution in [0.2, 0.25) is 0 Å². The molecule has 0 bridgehead atoms. The Hall–Kier alpha value is -1.13. The Morgan fingerprint density at radius 2 is 2.17 bits per heavy atom. The first-order valence-corrected chi connectivity index (χ1v) is 7.30. The Morgan fingerprint density at radius 3 is 2.83 bits per heavy atom. The number of thiophene rings is 1. The molecule has 0 atom stereocenters. The maximum atomic E-state index is 11.9. The van der Waals surface area contributed by atoms with Gasteiger partial charge in [-0.05, 0) is 52.2 Å². The Bertz CT molecular complexity index is 548. The molecule has 0 saturated carbocycles. The van der Waals surface area contributed by atoms with Gasteiger partial charge < -0.3 is 4.74 Å². The van der Waals surface area contributed by atoms with Crippen LogP contribution in [0.1, 0.15) is 22.2 Å². The third kappa shape index (κ3) is 3.43. The third-order valence-electron chi connectivity index (χ3n) is 2.52. The van der Waals surface area contributed by atoms with Crippen molar-refractivity contribution in [1.29, 1.82) is 0 Å². The van der Waals surface area contributed by atoms with Crippen LogP contribution in [0.25, 0.3) is 0 Å². The number of carbonyl (C=O) groups is 1. The minimum atomic E-state index is 0.00704. The highest BCUT2D eigenvalue weighted by atomic mass is 79.9. The summed E-state index contributed by atoms with van der Waals surface area (Å²) >= 11 is 4.77. The van der Waals surface area contributed by atoms with Gasteiger partial charge in [0.05, 0.1) is 8.66 Å². The summed E-state index contributed by atoms with van der Waals surface area (Å²) in [6.45, 7) is 2.17. The van der Waals surface area contributed by atoms with Crippen molar-refractivity contribution in [2.24, 2.45) is 0 Å². The molecule has 0 amide bonds. The molecule has 1 aromatic heterocycles. The van der Waals surface area contributed by atoms with Crippen LogP contribution in [0, 0.1) is 0 Å². The van der Waals surface area contributed by atoms with Gasteiger partial charge in [-0.25, -0.2) is 0 Å². The van der Waals surface area contributed by atoms with E-state index in [0.717, 1.165) is 16.0 Å². The Balaban J connectivity index is 1.97. The van der Waals surface area contributed by atoms with Crippen LogP contribution in [0.5, 0.6) is 5.75 Å². The first-order valence-electron chi connectivity index (χ1n) is 5.69. The molecule has 0 aliphatic carbocycles. The molecular formula is C14H13BrO2S. The molecule has 1 heterocycles. The van der Waals surface area contributed by atoms with Gasteiger partial charge in [0, 0.05) is 0 Å². The van der Waals surface area contributed by atoms with Gasteiger partial charge in [0.25, 0.3) is 0 Å². The quantitative estimate of drug-likeness (QED) is 0.765. The number of Topliss-reactive ketones (excluding diaryl/α,β-unsaturated/α-hetero) is 1. The molecule has 2 nitrogen and oxygen atoms in total. The van der Waals surface area contributed by atoms with E-state index in [1.807, 2.05) is 36.4 Å². The molecule has 18 heavy (non-hydrogen) atoms. The maximum absolute atomic E-state index is 11.9. The summed E-state index contributed by atoms with van der Waals surface area (Å²) in [6, 6.07) is 11.5. The first kappa shape index (κ1) is 13.3. The van der Waals surface area contributed by atoms with Gasteiger partial charge in [-0.1, -0.05) is 19.1 Å². The van der Waals surface area contributed by atoms with E-state index < -0.39 is 0 Å². The van der Waals surface area contributed by atoms with Crippen molar-refractivity contribution in [3.63, 3.8) is 0 Å². The van der Waals surface area contributed by atoms with Crippen molar-refractivity contribution in [2.75, 3.05) is 6.61 Å². The van der Waals surface area contributed by atoms with E-state index in [-0.39, 0.29) is 12.4 Å². The van der Waals surface area contributed by atoms with Crippen molar-refractivity contribution in [1.82, 2.24) is 0 Å². The Morgan fingerprint density at radius 1 is 1.33 bits per heavy atom. The molecule has 2 rings (SSSR count). The monoisotopic (exact) mass is 324 g/mol. The van der Waals surface area contributed by atoms with Crippen molar-refractivity contribution >= 4 is 33.0 Å². The van der Waals surface area contributed by atoms with Gasteiger partial charge in [-0.15, -0.1) is 11.3 Å². The summed E-state index contributed by atoms with van der Waals surface area (Å²) in [4.78, 5) is 12.6. The third-order valence-corrected chi connectivity index (χ3v) is 4.19. The molecule has 0 aliphatic rings. The number of aryl methyl sites for hydroxylation is 1. The SMILES string of the molecule is CCc1cccc(OCC(=O)c2ccc(Br)s2)c1. The number of benzene rings is 1. The zero-order valence-corrected chi connectivity index (χ0v) is 12.4. The summed E-state index contributed by atoms with van der Waals surface area (Å²) in [5.74, 6) is 0.755. The number of ketones is 1. The van der Waals surface area contributed by atoms with E-state index in [2.05, 4.69) is 22.9 Å². The van der Waals surface area contributed by atoms with E-state index in [1.165, 1.54) is 16.9 Å². The van der Waals surface area contributed by atoms with Gasteiger partial charge >= 0.3 is 0 Å². The van der Waals surface area contributed by atoms with Crippen molar-refractivity contribution in [3.8, 4) is 5.75 Å². The Kier molecular flexibility index (Phi) is 4.55. The summed E-state index contributed by atoms with van der Waals surface area (Å²) < 4.78 is 6.47. The van der Waals surface area contributed by atoms with Crippen molar-refractivity contribution in [3.05, 3.63) is 50.6 Å². The largest absolute Gasteiger partial charge is 0.485 e. The molecule has 0 aliphatic heterocycles. The predicted molar refractivity (Wildman–Crippen MR) is 77.7 cm³/mol. The van der Waals surface area contributed by atoms with Gasteiger partial charge in [-0.2, -0.15) is 0 Å². The van der Waals surface area contributed by atoms with Gasteiger partial charge in [0.15, 0.2) is 6.61 Å². The van der Waals surface area contributed by atoms with Crippen LogP contribution in [0.4, 0.5) is 0 Å². The fourth-order valence-electron chi connectivity index (χ4n) is 1.54. The lowest BCUT2D eigenvalue weighted by Crippen LogP contribution is -2.10. The molecule has 2 aromatic rings. The van der Waals surface area contributed by atoms with E-state index in [0.29, 0.717) is 4.88 Å². The lowest BCUT2D eigenvalue weighted by Gasteiger charge is -2.05. The highest BCUT2D eigenvalue weighted by molar-refractivity contribution is 9.11. The molecule has 0 spiro atoms. The fraction of sp³-hybridized carbons (Fsp3) is 0.214. The van der Waals surface area contributed by atoms with Crippen molar-refractivity contribution < 1.29 is 9.53 Å². The number of hydrogen-bond acceptors (Lipinski definition) is 3. The second-order valence-corrected chi connectivity index (χ2v) is 6.28. The molecule has 94 valence electrons. The lowest BCUT2D eigenvalue weighted by atomic mass is 10.2. The van der Waals surface area contributed by atoms with E-state index >= 15 is 0 Å². The number of halogens is 1. The van der Waals surface area contributed by atoms with Crippen LogP contribution >= 0.6 is 27.3 Å². The summed E-state index contributed by atoms with van der Waals surface area (Å²) in [7, 11) is 0. The van der Waals surface area contributed by atoms with Crippen LogP contribution in [-0.4, -0.2) is 12.4 Å². The molecule has 1 aromatic carbocycles. The highest BCUT2D eigenvalue weighted by Crippen LogP contribution is 2.22. The van der Waals surface area contributed by atoms with Crippen LogP contribution in [0.15, 0.2) is 40.2 Å². The van der Waals surface area contributed by atoms with E-state index in [4.69, 9.17) is 4.74 Å². The second kappa shape index (κ2) is 6.16. The molecule has 4 heteroatoms. The van der Waals surface area contributed by atoms with Crippen LogP contribution in [0.3, 0.4) is 0 Å². The molecule has 0 N–H and O–H groups in total. The molecular weight excluding hydrogens is 312 g/mol. The summed E-state index contributed by atoms with van der Waals surface area (Å²) in [5.41, 5.74) is 1.21. The van der Waals surface area contributed by atoms with Gasteiger partial charge in [0.2, 0.25) is 5.78 Å². The topological polar surface area (TPSA) is 26.3 Å². The summed E-state index contributed by atoms with van der Waals surface area (Å²) in [5, 5.41) is 0. The Labute approximate surface area is 119 Å². The lowest BCUT2D eigenvalue weighted by molar-refractivity contribution is 0.0925. The average molecular weight is 325 g/mol. The second-order valence-electron chi connectivity index (χ2n) is 3.82. The van der Waals surface area contributed by atoms with Crippen LogP contribution in [-0.2, 0) is 6.42 Å². The average Bonchev–Trinajstić information content (AvgIpc) is 2.83. The molecule has 0 saturated heterocycles. The summed E-state index contributed by atoms with van der Waals surface area (Å²) in [6.07, 6.45) is 0.961. The minimum absolute atomic E-state index is 0.00704. The zero-order chi connectivity index (χ0) is 13.0. The molecule has 0 radical (unpaired) electrons. The molecule has 0 unspecified atom stereocenters. The van der Waals surface area contributed by atoms with Crippen molar-refractivity contribution in [2.45, 2.75) is 13.3 Å². The maximum Gasteiger partial charge on any atom is 0.210 e. The standard InChI is InChI=1S/C14H13BrO2S/c1-2-10-4-3-5-11(8-10)17-9-12(16)13-6-7-14(15)18-13/h3-8H,2,9H2,1H3. The molecule has 0 fully saturated rings. The van der Waals surface area contributed by atoms with Gasteiger partial charge in [-0.3, -0.25) is 4.79 Å². The minimum Gasteiger partial charge on any atom is -0.485 e. The normalized spacial score (nSPS) is 10.3. The number of hydrogen-bond donors (Lipinski definition) is 0. The first-order chi connectivity index (χ1) is 8.69. The number of carbonyl (C=O) groups excluding carboxylic acids is 1. The fourth-order valence-corrected chi connectivity index (χ4v) is 2.85. The highest BCUT2D eigenvalue weighted by Gasteiger charge is 2.09.